The summed E-state index contributed by atoms with van der Waals surface area (Å²) in [6.45, 7) is 7.33. The molecule has 0 unspecified atom stereocenters. The van der Waals surface area contributed by atoms with E-state index in [-0.39, 0.29) is 0 Å². The highest BCUT2D eigenvalue weighted by molar-refractivity contribution is 5.83. The molecule has 1 aliphatic heterocycles. The number of ether oxygens (including phenoxy) is 1. The Balaban J connectivity index is 1.09. The molecule has 0 saturated carbocycles. The van der Waals surface area contributed by atoms with Crippen LogP contribution < -0.4 is 4.74 Å². The highest BCUT2D eigenvalue weighted by Gasteiger charge is 2.44. The minimum absolute atomic E-state index is 0.344. The molecule has 5 nitrogen and oxygen atoms in total. The van der Waals surface area contributed by atoms with E-state index in [2.05, 4.69) is 59.4 Å². The van der Waals surface area contributed by atoms with E-state index in [0.717, 1.165) is 55.6 Å². The fourth-order valence-electron chi connectivity index (χ4n) is 8.00. The van der Waals surface area contributed by atoms with Crippen LogP contribution >= 0.6 is 0 Å². The molecule has 1 aromatic heterocycles. The predicted molar refractivity (Wildman–Crippen MR) is 232 cm³/mol. The first-order chi connectivity index (χ1) is 29.1. The fourth-order valence-corrected chi connectivity index (χ4v) is 8.00. The predicted octanol–water partition coefficient (Wildman–Crippen LogP) is 13.2. The number of rotatable bonds is 7. The zero-order chi connectivity index (χ0) is 39.8. The Labute approximate surface area is 341 Å². The maximum Gasteiger partial charge on any atom is 0.187 e. The van der Waals surface area contributed by atoms with Crippen LogP contribution in [0.5, 0.6) is 5.75 Å². The zero-order valence-corrected chi connectivity index (χ0v) is 31.6. The second kappa shape index (κ2) is 14.8. The Kier molecular flexibility index (Phi) is 8.89. The molecule has 0 fully saturated rings. The molecule has 8 aromatic carbocycles. The van der Waals surface area contributed by atoms with Crippen molar-refractivity contribution in [3.63, 3.8) is 0 Å². The lowest BCUT2D eigenvalue weighted by atomic mass is 9.75. The van der Waals surface area contributed by atoms with Crippen LogP contribution in [-0.4, -0.2) is 15.0 Å². The average Bonchev–Trinajstić information content (AvgIpc) is 3.31. The van der Waals surface area contributed by atoms with Gasteiger partial charge in [-0.25, -0.2) is 24.2 Å². The van der Waals surface area contributed by atoms with Gasteiger partial charge in [0.2, 0.25) is 0 Å². The number of nitrogens with zero attached hydrogens (tertiary/aromatic N) is 4. The maximum absolute atomic E-state index is 15.9. The molecule has 2 heterocycles. The van der Waals surface area contributed by atoms with Crippen molar-refractivity contribution in [3.05, 3.63) is 234 Å². The fraction of sp³-hybridized carbons (Fsp3) is 0.0189. The topological polar surface area (TPSA) is 52.3 Å². The summed E-state index contributed by atoms with van der Waals surface area (Å²) >= 11 is 0. The molecular weight excluding hydrogens is 728 g/mol. The standard InChI is InChI=1S/C53H33FN4O/c1-55-45-27-24-35(25-28-45)37-16-13-17-39(30-37)51-56-50(36-14-5-2-6-15-36)57-52(58-51)41-31-40(32-44(54)33-41)38-26-29-47-46-22-11-12-23-48(46)53(59-49(47)34-38,42-18-7-3-8-19-42)43-20-9-4-10-21-43/h2-34H. The Morgan fingerprint density at radius 1 is 0.424 bits per heavy atom. The quantitative estimate of drug-likeness (QED) is 0.152. The molecule has 0 spiro atoms. The van der Waals surface area contributed by atoms with Crippen molar-refractivity contribution in [1.29, 1.82) is 0 Å². The molecule has 1 aliphatic rings. The first-order valence-corrected chi connectivity index (χ1v) is 19.3. The van der Waals surface area contributed by atoms with Crippen molar-refractivity contribution >= 4 is 5.69 Å². The molecule has 0 bridgehead atoms. The minimum Gasteiger partial charge on any atom is -0.472 e. The molecule has 0 radical (unpaired) electrons. The molecule has 9 aromatic rings. The second-order valence-electron chi connectivity index (χ2n) is 14.4. The van der Waals surface area contributed by atoms with E-state index in [1.54, 1.807) is 0 Å². The number of aromatic nitrogens is 3. The number of halogens is 1. The Morgan fingerprint density at radius 3 is 1.64 bits per heavy atom. The monoisotopic (exact) mass is 760 g/mol. The average molecular weight is 761 g/mol. The molecule has 10 rings (SSSR count). The third-order valence-corrected chi connectivity index (χ3v) is 10.8. The summed E-state index contributed by atoms with van der Waals surface area (Å²) in [5, 5.41) is 0. The second-order valence-corrected chi connectivity index (χ2v) is 14.4. The summed E-state index contributed by atoms with van der Waals surface area (Å²) in [5.74, 6) is 1.55. The summed E-state index contributed by atoms with van der Waals surface area (Å²) in [5.41, 5.74) is 10.2. The minimum atomic E-state index is -0.925. The highest BCUT2D eigenvalue weighted by atomic mass is 19.1. The van der Waals surface area contributed by atoms with E-state index in [9.17, 15) is 0 Å². The van der Waals surface area contributed by atoms with E-state index >= 15 is 4.39 Å². The third kappa shape index (κ3) is 6.51. The molecule has 0 aliphatic carbocycles. The Hall–Kier alpha value is -8.01. The summed E-state index contributed by atoms with van der Waals surface area (Å²) < 4.78 is 23.2. The van der Waals surface area contributed by atoms with Crippen LogP contribution in [0.15, 0.2) is 200 Å². The molecule has 59 heavy (non-hydrogen) atoms. The van der Waals surface area contributed by atoms with E-state index in [0.29, 0.717) is 40.0 Å². The largest absolute Gasteiger partial charge is 0.472 e. The van der Waals surface area contributed by atoms with Crippen LogP contribution in [0.3, 0.4) is 0 Å². The zero-order valence-electron chi connectivity index (χ0n) is 31.6. The van der Waals surface area contributed by atoms with Gasteiger partial charge < -0.3 is 4.74 Å². The van der Waals surface area contributed by atoms with Crippen molar-refractivity contribution in [1.82, 2.24) is 15.0 Å². The lowest BCUT2D eigenvalue weighted by molar-refractivity contribution is 0.152. The molecular formula is C53H33FN4O. The molecule has 0 amide bonds. The molecule has 0 atom stereocenters. The highest BCUT2D eigenvalue weighted by Crippen LogP contribution is 2.52. The number of hydrogen-bond donors (Lipinski definition) is 0. The summed E-state index contributed by atoms with van der Waals surface area (Å²) in [6, 6.07) is 65.1. The Bertz CT molecular complexity index is 3000. The van der Waals surface area contributed by atoms with Gasteiger partial charge in [0.25, 0.3) is 0 Å². The summed E-state index contributed by atoms with van der Waals surface area (Å²) in [4.78, 5) is 18.3. The van der Waals surface area contributed by atoms with E-state index < -0.39 is 11.4 Å². The van der Waals surface area contributed by atoms with Crippen LogP contribution in [-0.2, 0) is 5.60 Å². The van der Waals surface area contributed by atoms with Gasteiger partial charge in [-0.2, -0.15) is 0 Å². The summed E-state index contributed by atoms with van der Waals surface area (Å²) in [6.07, 6.45) is 0. The lowest BCUT2D eigenvalue weighted by Crippen LogP contribution is -2.38. The smallest absolute Gasteiger partial charge is 0.187 e. The van der Waals surface area contributed by atoms with Crippen LogP contribution in [0.4, 0.5) is 10.1 Å². The van der Waals surface area contributed by atoms with E-state index in [1.807, 2.05) is 133 Å². The van der Waals surface area contributed by atoms with E-state index in [4.69, 9.17) is 26.3 Å². The van der Waals surface area contributed by atoms with Crippen LogP contribution in [0, 0.1) is 12.4 Å². The number of fused-ring (bicyclic) bond motifs is 3. The van der Waals surface area contributed by atoms with Crippen molar-refractivity contribution in [2.75, 3.05) is 0 Å². The van der Waals surface area contributed by atoms with Gasteiger partial charge in [0.15, 0.2) is 28.8 Å². The van der Waals surface area contributed by atoms with Crippen molar-refractivity contribution < 1.29 is 9.13 Å². The molecule has 278 valence electrons. The van der Waals surface area contributed by atoms with Gasteiger partial charge in [-0.1, -0.05) is 170 Å². The van der Waals surface area contributed by atoms with E-state index in [1.165, 1.54) is 12.1 Å². The van der Waals surface area contributed by atoms with Gasteiger partial charge in [0.05, 0.1) is 6.57 Å². The van der Waals surface area contributed by atoms with Crippen molar-refractivity contribution in [2.45, 2.75) is 5.60 Å². The van der Waals surface area contributed by atoms with Gasteiger partial charge in [-0.15, -0.1) is 0 Å². The van der Waals surface area contributed by atoms with Gasteiger partial charge in [-0.05, 0) is 58.1 Å². The van der Waals surface area contributed by atoms with Crippen molar-refractivity contribution in [3.8, 4) is 73.3 Å². The van der Waals surface area contributed by atoms with Crippen LogP contribution in [0.25, 0.3) is 72.4 Å². The number of hydrogen-bond acceptors (Lipinski definition) is 4. The van der Waals surface area contributed by atoms with Gasteiger partial charge in [0.1, 0.15) is 11.6 Å². The van der Waals surface area contributed by atoms with Crippen LogP contribution in [0.2, 0.25) is 0 Å². The SMILES string of the molecule is [C-]#[N+]c1ccc(-c2cccc(-c3nc(-c4ccccc4)nc(-c4cc(F)cc(-c5ccc6c(c5)OC(c5ccccc5)(c5ccccc5)c5ccccc5-6)c4)n3)c2)cc1. The maximum atomic E-state index is 15.9. The van der Waals surface area contributed by atoms with Gasteiger partial charge >= 0.3 is 0 Å². The lowest BCUT2D eigenvalue weighted by Gasteiger charge is -2.41. The molecule has 0 N–H and O–H groups in total. The first-order valence-electron chi connectivity index (χ1n) is 19.3. The molecule has 0 saturated heterocycles. The molecule has 6 heteroatoms. The summed E-state index contributed by atoms with van der Waals surface area (Å²) in [7, 11) is 0. The van der Waals surface area contributed by atoms with Crippen molar-refractivity contribution in [2.24, 2.45) is 0 Å². The first kappa shape index (κ1) is 35.4. The third-order valence-electron chi connectivity index (χ3n) is 10.8. The normalized spacial score (nSPS) is 12.4. The van der Waals surface area contributed by atoms with Crippen LogP contribution in [0.1, 0.15) is 16.7 Å². The van der Waals surface area contributed by atoms with Gasteiger partial charge in [-0.3, -0.25) is 0 Å². The van der Waals surface area contributed by atoms with Gasteiger partial charge in [0, 0.05) is 38.9 Å². The number of benzene rings is 8. The Morgan fingerprint density at radius 2 is 0.949 bits per heavy atom.